The summed E-state index contributed by atoms with van der Waals surface area (Å²) in [6, 6.07) is 13.8. The molecule has 0 N–H and O–H groups in total. The Morgan fingerprint density at radius 2 is 1.78 bits per heavy atom. The summed E-state index contributed by atoms with van der Waals surface area (Å²) in [6.07, 6.45) is 0.219. The fourth-order valence-corrected chi connectivity index (χ4v) is 7.45. The summed E-state index contributed by atoms with van der Waals surface area (Å²) in [5, 5.41) is -0.698. The quantitative estimate of drug-likeness (QED) is 0.641. The van der Waals surface area contributed by atoms with Gasteiger partial charge in [-0.05, 0) is 24.1 Å². The molecular formula is C17H17N3O4S3. The van der Waals surface area contributed by atoms with Crippen molar-refractivity contribution in [2.24, 2.45) is 0 Å². The Morgan fingerprint density at radius 1 is 1.00 bits per heavy atom. The van der Waals surface area contributed by atoms with Gasteiger partial charge < -0.3 is 0 Å². The molecule has 1 atom stereocenters. The average molecular weight is 424 g/mol. The van der Waals surface area contributed by atoms with Crippen LogP contribution >= 0.6 is 11.7 Å². The maximum absolute atomic E-state index is 13.2. The Morgan fingerprint density at radius 3 is 2.56 bits per heavy atom. The Hall–Kier alpha value is -1.88. The number of sulfonamides is 1. The molecule has 4 rings (SSSR count). The zero-order valence-corrected chi connectivity index (χ0v) is 16.7. The highest BCUT2D eigenvalue weighted by Crippen LogP contribution is 2.32. The monoisotopic (exact) mass is 423 g/mol. The first-order valence-electron chi connectivity index (χ1n) is 8.37. The third-order valence-corrected chi connectivity index (χ3v) is 9.34. The molecule has 1 aromatic heterocycles. The Bertz CT molecular complexity index is 1170. The van der Waals surface area contributed by atoms with E-state index in [0.717, 1.165) is 11.7 Å². The molecule has 0 amide bonds. The largest absolute Gasteiger partial charge is 0.245 e. The molecule has 1 aliphatic heterocycles. The topological polar surface area (TPSA) is 97.3 Å². The molecular weight excluding hydrogens is 406 g/mol. The third kappa shape index (κ3) is 3.38. The first-order valence-corrected chi connectivity index (χ1v) is 12.3. The number of rotatable bonds is 3. The van der Waals surface area contributed by atoms with Crippen LogP contribution in [-0.4, -0.2) is 48.7 Å². The van der Waals surface area contributed by atoms with Crippen LogP contribution in [0.5, 0.6) is 0 Å². The van der Waals surface area contributed by atoms with E-state index >= 15 is 0 Å². The van der Waals surface area contributed by atoms with Crippen LogP contribution in [0.2, 0.25) is 0 Å². The lowest BCUT2D eigenvalue weighted by Crippen LogP contribution is -2.33. The molecule has 2 aromatic carbocycles. The molecule has 27 heavy (non-hydrogen) atoms. The van der Waals surface area contributed by atoms with Crippen LogP contribution in [0.4, 0.5) is 0 Å². The van der Waals surface area contributed by atoms with Gasteiger partial charge in [0.05, 0.1) is 22.7 Å². The molecule has 0 aliphatic carbocycles. The van der Waals surface area contributed by atoms with E-state index in [1.54, 1.807) is 36.4 Å². The number of nitrogens with zero attached hydrogens (tertiary/aromatic N) is 3. The second-order valence-electron chi connectivity index (χ2n) is 6.35. The van der Waals surface area contributed by atoms with Crippen molar-refractivity contribution >= 4 is 42.6 Å². The predicted molar refractivity (Wildman–Crippen MR) is 104 cm³/mol. The van der Waals surface area contributed by atoms with Gasteiger partial charge in [-0.25, -0.2) is 16.8 Å². The summed E-state index contributed by atoms with van der Waals surface area (Å²) in [4.78, 5) is 0.0734. The Kier molecular flexibility index (Phi) is 4.75. The number of sulfone groups is 1. The normalized spacial score (nSPS) is 21.1. The minimum absolute atomic E-state index is 0.0675. The van der Waals surface area contributed by atoms with Crippen LogP contribution < -0.4 is 0 Å². The summed E-state index contributed by atoms with van der Waals surface area (Å²) in [5.74, 6) is -0.211. The lowest BCUT2D eigenvalue weighted by Gasteiger charge is -2.19. The molecule has 0 radical (unpaired) electrons. The molecule has 0 bridgehead atoms. The standard InChI is InChI=1S/C17H17N3O4S3/c21-26(22)12-11-20(10-9-15(26)13-5-2-1-3-6-13)27(23,24)16-8-4-7-14-17(16)19-25-18-14/h1-8,15H,9-12H2. The molecule has 10 heteroatoms. The van der Waals surface area contributed by atoms with Gasteiger partial charge in [0.15, 0.2) is 9.84 Å². The van der Waals surface area contributed by atoms with Gasteiger partial charge in [0.1, 0.15) is 15.9 Å². The van der Waals surface area contributed by atoms with E-state index in [1.165, 1.54) is 10.4 Å². The molecule has 0 saturated carbocycles. The van der Waals surface area contributed by atoms with E-state index in [4.69, 9.17) is 0 Å². The highest BCUT2D eigenvalue weighted by Gasteiger charge is 2.36. The Balaban J connectivity index is 1.69. The minimum Gasteiger partial charge on any atom is -0.228 e. The molecule has 1 saturated heterocycles. The molecule has 1 unspecified atom stereocenters. The van der Waals surface area contributed by atoms with Crippen LogP contribution in [0.1, 0.15) is 17.2 Å². The highest BCUT2D eigenvalue weighted by molar-refractivity contribution is 7.92. The highest BCUT2D eigenvalue weighted by atomic mass is 32.2. The average Bonchev–Trinajstić information content (AvgIpc) is 3.06. The maximum Gasteiger partial charge on any atom is 0.245 e. The smallest absolute Gasteiger partial charge is 0.228 e. The molecule has 0 spiro atoms. The van der Waals surface area contributed by atoms with Gasteiger partial charge in [-0.1, -0.05) is 36.4 Å². The second-order valence-corrected chi connectivity index (χ2v) is 11.1. The summed E-state index contributed by atoms with van der Waals surface area (Å²) < 4.78 is 61.3. The van der Waals surface area contributed by atoms with Crippen molar-refractivity contribution in [2.75, 3.05) is 18.8 Å². The van der Waals surface area contributed by atoms with Gasteiger partial charge >= 0.3 is 0 Å². The second kappa shape index (κ2) is 6.93. The van der Waals surface area contributed by atoms with Crippen LogP contribution in [0.25, 0.3) is 11.0 Å². The van der Waals surface area contributed by atoms with Crippen LogP contribution in [0.15, 0.2) is 53.4 Å². The lowest BCUT2D eigenvalue weighted by atomic mass is 10.1. The van der Waals surface area contributed by atoms with Crippen LogP contribution in [0, 0.1) is 0 Å². The van der Waals surface area contributed by atoms with Crippen LogP contribution in [0.3, 0.4) is 0 Å². The SMILES string of the molecule is O=S1(=O)CCN(S(=O)(=O)c2cccc3nsnc23)CCC1c1ccccc1. The van der Waals surface area contributed by atoms with Crippen molar-refractivity contribution in [3.8, 4) is 0 Å². The molecule has 1 fully saturated rings. The predicted octanol–water partition coefficient (Wildman–Crippen LogP) is 2.24. The Labute approximate surface area is 161 Å². The van der Waals surface area contributed by atoms with Gasteiger partial charge in [-0.15, -0.1) is 0 Å². The van der Waals surface area contributed by atoms with Crippen molar-refractivity contribution in [1.29, 1.82) is 0 Å². The van der Waals surface area contributed by atoms with Crippen molar-refractivity contribution in [1.82, 2.24) is 13.1 Å². The van der Waals surface area contributed by atoms with E-state index in [9.17, 15) is 16.8 Å². The zero-order valence-electron chi connectivity index (χ0n) is 14.2. The number of hydrogen-bond acceptors (Lipinski definition) is 7. The van der Waals surface area contributed by atoms with Gasteiger partial charge in [0, 0.05) is 13.1 Å². The fourth-order valence-electron chi connectivity index (χ4n) is 3.33. The van der Waals surface area contributed by atoms with Gasteiger partial charge in [-0.2, -0.15) is 13.1 Å². The van der Waals surface area contributed by atoms with E-state index in [1.807, 2.05) is 6.07 Å². The number of aromatic nitrogens is 2. The minimum atomic E-state index is -3.86. The summed E-state index contributed by atoms with van der Waals surface area (Å²) in [6.45, 7) is 0.0665. The molecule has 7 nitrogen and oxygen atoms in total. The molecule has 1 aliphatic rings. The van der Waals surface area contributed by atoms with Gasteiger partial charge in [0.25, 0.3) is 0 Å². The van der Waals surface area contributed by atoms with E-state index in [0.29, 0.717) is 16.6 Å². The number of fused-ring (bicyclic) bond motifs is 1. The van der Waals surface area contributed by atoms with Crippen molar-refractivity contribution in [2.45, 2.75) is 16.6 Å². The molecule has 3 aromatic rings. The first-order chi connectivity index (χ1) is 12.9. The van der Waals surface area contributed by atoms with E-state index in [2.05, 4.69) is 8.75 Å². The van der Waals surface area contributed by atoms with Crippen molar-refractivity contribution in [3.05, 3.63) is 54.1 Å². The summed E-state index contributed by atoms with van der Waals surface area (Å²) in [5.41, 5.74) is 1.54. The molecule has 142 valence electrons. The third-order valence-electron chi connectivity index (χ3n) is 4.74. The number of benzene rings is 2. The summed E-state index contributed by atoms with van der Waals surface area (Å²) >= 11 is 0.952. The van der Waals surface area contributed by atoms with E-state index in [-0.39, 0.29) is 30.2 Å². The maximum atomic E-state index is 13.2. The summed E-state index contributed by atoms with van der Waals surface area (Å²) in [7, 11) is -7.32. The fraction of sp³-hybridized carbons (Fsp3) is 0.294. The van der Waals surface area contributed by atoms with Crippen LogP contribution in [-0.2, 0) is 19.9 Å². The van der Waals surface area contributed by atoms with Crippen molar-refractivity contribution in [3.63, 3.8) is 0 Å². The first kappa shape index (κ1) is 18.5. The van der Waals surface area contributed by atoms with E-state index < -0.39 is 25.1 Å². The van der Waals surface area contributed by atoms with Crippen molar-refractivity contribution < 1.29 is 16.8 Å². The molecule has 2 heterocycles. The van der Waals surface area contributed by atoms with Gasteiger partial charge in [-0.3, -0.25) is 0 Å². The van der Waals surface area contributed by atoms with Gasteiger partial charge in [0.2, 0.25) is 10.0 Å². The zero-order chi connectivity index (χ0) is 19.1. The number of hydrogen-bond donors (Lipinski definition) is 0. The lowest BCUT2D eigenvalue weighted by molar-refractivity contribution is 0.428.